The van der Waals surface area contributed by atoms with E-state index in [-0.39, 0.29) is 0 Å². The summed E-state index contributed by atoms with van der Waals surface area (Å²) in [6, 6.07) is 6.22. The van der Waals surface area contributed by atoms with Crippen molar-refractivity contribution in [1.29, 1.82) is 0 Å². The van der Waals surface area contributed by atoms with Crippen molar-refractivity contribution in [3.8, 4) is 0 Å². The first-order valence-corrected chi connectivity index (χ1v) is 6.96. The Morgan fingerprint density at radius 2 is 2.06 bits per heavy atom. The maximum Gasteiger partial charge on any atom is 0.107 e. The molecule has 94 valence electrons. The number of thiazole rings is 1. The summed E-state index contributed by atoms with van der Waals surface area (Å²) in [5, 5.41) is 1.21. The molecule has 1 aromatic carbocycles. The van der Waals surface area contributed by atoms with Gasteiger partial charge in [-0.1, -0.05) is 6.07 Å². The molecule has 3 rings (SSSR count). The lowest BCUT2D eigenvalue weighted by atomic mass is 10.1. The molecule has 0 fully saturated rings. The van der Waals surface area contributed by atoms with Crippen LogP contribution < -0.4 is 5.73 Å². The van der Waals surface area contributed by atoms with Gasteiger partial charge in [-0.05, 0) is 37.1 Å². The van der Waals surface area contributed by atoms with Crippen molar-refractivity contribution in [2.24, 2.45) is 0 Å². The lowest BCUT2D eigenvalue weighted by molar-refractivity contribution is 0.275. The number of anilines is 1. The summed E-state index contributed by atoms with van der Waals surface area (Å²) in [6.45, 7) is 7.14. The van der Waals surface area contributed by atoms with E-state index in [1.165, 1.54) is 21.0 Å². The number of rotatable bonds is 2. The molecule has 0 aliphatic carbocycles. The van der Waals surface area contributed by atoms with Crippen molar-refractivity contribution in [3.05, 3.63) is 44.9 Å². The van der Waals surface area contributed by atoms with Gasteiger partial charge in [-0.2, -0.15) is 0 Å². The lowest BCUT2D eigenvalue weighted by Crippen LogP contribution is -2.15. The molecule has 0 saturated heterocycles. The van der Waals surface area contributed by atoms with E-state index in [0.29, 0.717) is 0 Å². The van der Waals surface area contributed by atoms with Crippen LogP contribution in [0.1, 0.15) is 26.7 Å². The molecule has 1 aliphatic rings. The number of aromatic nitrogens is 1. The van der Waals surface area contributed by atoms with Gasteiger partial charge >= 0.3 is 0 Å². The van der Waals surface area contributed by atoms with Crippen LogP contribution in [0.3, 0.4) is 0 Å². The second-order valence-electron chi connectivity index (χ2n) is 4.92. The largest absolute Gasteiger partial charge is 0.399 e. The summed E-state index contributed by atoms with van der Waals surface area (Å²) < 4.78 is 0. The van der Waals surface area contributed by atoms with Gasteiger partial charge in [0, 0.05) is 23.7 Å². The van der Waals surface area contributed by atoms with E-state index in [1.807, 2.05) is 6.07 Å². The van der Waals surface area contributed by atoms with E-state index in [1.54, 1.807) is 11.3 Å². The van der Waals surface area contributed by atoms with Crippen molar-refractivity contribution in [1.82, 2.24) is 9.88 Å². The standard InChI is InChI=1S/C14H17N3S/c1-9-10(2)18-14(16-9)8-17-6-11-3-4-13(15)5-12(11)7-17/h3-5H,6-8,15H2,1-2H3. The minimum Gasteiger partial charge on any atom is -0.399 e. The van der Waals surface area contributed by atoms with Crippen molar-refractivity contribution in [2.75, 3.05) is 5.73 Å². The number of nitrogens with two attached hydrogens (primary N) is 1. The molecule has 1 aliphatic heterocycles. The molecule has 0 unspecified atom stereocenters. The monoisotopic (exact) mass is 259 g/mol. The van der Waals surface area contributed by atoms with Gasteiger partial charge in [-0.15, -0.1) is 11.3 Å². The number of nitrogen functional groups attached to an aromatic ring is 1. The van der Waals surface area contributed by atoms with E-state index in [0.717, 1.165) is 31.0 Å². The lowest BCUT2D eigenvalue weighted by Gasteiger charge is -2.12. The number of nitrogens with zero attached hydrogens (tertiary/aromatic N) is 2. The van der Waals surface area contributed by atoms with Gasteiger partial charge < -0.3 is 5.73 Å². The molecule has 0 saturated carbocycles. The Bertz CT molecular complexity index is 569. The zero-order valence-corrected chi connectivity index (χ0v) is 11.5. The highest BCUT2D eigenvalue weighted by Gasteiger charge is 2.20. The number of hydrogen-bond donors (Lipinski definition) is 1. The molecule has 4 heteroatoms. The zero-order valence-electron chi connectivity index (χ0n) is 10.7. The average molecular weight is 259 g/mol. The first-order chi connectivity index (χ1) is 8.61. The van der Waals surface area contributed by atoms with E-state index >= 15 is 0 Å². The van der Waals surface area contributed by atoms with Crippen LogP contribution in [0.2, 0.25) is 0 Å². The van der Waals surface area contributed by atoms with Crippen LogP contribution in [0, 0.1) is 13.8 Å². The van der Waals surface area contributed by atoms with Crippen molar-refractivity contribution < 1.29 is 0 Å². The van der Waals surface area contributed by atoms with Crippen LogP contribution >= 0.6 is 11.3 Å². The van der Waals surface area contributed by atoms with Crippen LogP contribution in [-0.4, -0.2) is 9.88 Å². The van der Waals surface area contributed by atoms with Crippen molar-refractivity contribution in [2.45, 2.75) is 33.5 Å². The smallest absolute Gasteiger partial charge is 0.107 e. The Morgan fingerprint density at radius 1 is 1.28 bits per heavy atom. The number of hydrogen-bond acceptors (Lipinski definition) is 4. The number of fused-ring (bicyclic) bond motifs is 1. The predicted octanol–water partition coefficient (Wildman–Crippen LogP) is 2.86. The fourth-order valence-corrected chi connectivity index (χ4v) is 3.37. The molecule has 1 aromatic heterocycles. The van der Waals surface area contributed by atoms with Crippen molar-refractivity contribution in [3.63, 3.8) is 0 Å². The minimum absolute atomic E-state index is 0.858. The van der Waals surface area contributed by atoms with E-state index in [4.69, 9.17) is 5.73 Å². The van der Waals surface area contributed by atoms with E-state index in [9.17, 15) is 0 Å². The summed E-state index contributed by atoms with van der Waals surface area (Å²) in [4.78, 5) is 8.35. The molecule has 18 heavy (non-hydrogen) atoms. The Morgan fingerprint density at radius 3 is 2.78 bits per heavy atom. The van der Waals surface area contributed by atoms with Gasteiger partial charge in [-0.25, -0.2) is 4.98 Å². The van der Waals surface area contributed by atoms with Gasteiger partial charge in [0.2, 0.25) is 0 Å². The highest BCUT2D eigenvalue weighted by Crippen LogP contribution is 2.27. The molecule has 0 atom stereocenters. The Balaban J connectivity index is 1.74. The first-order valence-electron chi connectivity index (χ1n) is 6.14. The maximum absolute atomic E-state index is 5.82. The zero-order chi connectivity index (χ0) is 12.7. The van der Waals surface area contributed by atoms with Gasteiger partial charge in [0.05, 0.1) is 12.2 Å². The third kappa shape index (κ3) is 2.13. The normalized spacial score (nSPS) is 15.0. The van der Waals surface area contributed by atoms with Crippen LogP contribution in [0.25, 0.3) is 0 Å². The Hall–Kier alpha value is -1.39. The Labute approximate surface area is 111 Å². The maximum atomic E-state index is 5.82. The molecule has 2 heterocycles. The summed E-state index contributed by atoms with van der Waals surface area (Å²) in [5.74, 6) is 0. The van der Waals surface area contributed by atoms with Gasteiger partial charge in [0.1, 0.15) is 5.01 Å². The number of aryl methyl sites for hydroxylation is 2. The molecule has 3 nitrogen and oxygen atoms in total. The van der Waals surface area contributed by atoms with Gasteiger partial charge in [0.15, 0.2) is 0 Å². The summed E-state index contributed by atoms with van der Waals surface area (Å²) in [5.41, 5.74) is 10.6. The van der Waals surface area contributed by atoms with Crippen LogP contribution in [0.5, 0.6) is 0 Å². The van der Waals surface area contributed by atoms with E-state index in [2.05, 4.69) is 35.9 Å². The average Bonchev–Trinajstić information content (AvgIpc) is 2.82. The topological polar surface area (TPSA) is 42.2 Å². The summed E-state index contributed by atoms with van der Waals surface area (Å²) in [7, 11) is 0. The predicted molar refractivity (Wildman–Crippen MR) is 75.4 cm³/mol. The first kappa shape index (κ1) is 11.7. The van der Waals surface area contributed by atoms with Crippen LogP contribution in [0.4, 0.5) is 5.69 Å². The SMILES string of the molecule is Cc1nc(CN2Cc3ccc(N)cc3C2)sc1C. The fourth-order valence-electron chi connectivity index (χ4n) is 2.39. The molecule has 2 aromatic rings. The van der Waals surface area contributed by atoms with Gasteiger partial charge in [-0.3, -0.25) is 4.90 Å². The van der Waals surface area contributed by atoms with Crippen LogP contribution in [0.15, 0.2) is 18.2 Å². The van der Waals surface area contributed by atoms with E-state index < -0.39 is 0 Å². The second kappa shape index (κ2) is 4.37. The highest BCUT2D eigenvalue weighted by atomic mass is 32.1. The number of benzene rings is 1. The quantitative estimate of drug-likeness (QED) is 0.843. The van der Waals surface area contributed by atoms with Crippen molar-refractivity contribution >= 4 is 17.0 Å². The molecule has 0 spiro atoms. The Kier molecular flexibility index (Phi) is 2.84. The summed E-state index contributed by atoms with van der Waals surface area (Å²) in [6.07, 6.45) is 0. The fraction of sp³-hybridized carbons (Fsp3) is 0.357. The molecule has 0 amide bonds. The molecule has 0 bridgehead atoms. The van der Waals surface area contributed by atoms with Gasteiger partial charge in [0.25, 0.3) is 0 Å². The molecule has 0 radical (unpaired) electrons. The third-order valence-electron chi connectivity index (χ3n) is 3.45. The second-order valence-corrected chi connectivity index (χ2v) is 6.21. The molecular weight excluding hydrogens is 242 g/mol. The molecule has 2 N–H and O–H groups in total. The highest BCUT2D eigenvalue weighted by molar-refractivity contribution is 7.11. The summed E-state index contributed by atoms with van der Waals surface area (Å²) >= 11 is 1.81. The van der Waals surface area contributed by atoms with Crippen LogP contribution in [-0.2, 0) is 19.6 Å². The minimum atomic E-state index is 0.858. The molecular formula is C14H17N3S. The third-order valence-corrected chi connectivity index (χ3v) is 4.51.